The van der Waals surface area contributed by atoms with Crippen LogP contribution in [-0.4, -0.2) is 21.4 Å². The van der Waals surface area contributed by atoms with Gasteiger partial charge in [-0.25, -0.2) is 4.79 Å². The Morgan fingerprint density at radius 3 is 3.00 bits per heavy atom. The molecular weight excluding hydrogens is 190 g/mol. The van der Waals surface area contributed by atoms with Crippen LogP contribution in [0.15, 0.2) is 18.5 Å². The van der Waals surface area contributed by atoms with Gasteiger partial charge < -0.3 is 5.11 Å². The molecule has 0 aliphatic rings. The second-order valence-corrected chi connectivity index (χ2v) is 3.57. The third-order valence-electron chi connectivity index (χ3n) is 1.64. The highest BCUT2D eigenvalue weighted by molar-refractivity contribution is 6.20. The molecule has 1 N–H and O–H groups in total. The molecule has 1 rings (SSSR count). The maximum absolute atomic E-state index is 10.7. The Balaban J connectivity index is 2.98. The number of halogens is 1. The Morgan fingerprint density at radius 1 is 1.77 bits per heavy atom. The third kappa shape index (κ3) is 2.70. The van der Waals surface area contributed by atoms with Crippen LogP contribution in [0.5, 0.6) is 0 Å². The van der Waals surface area contributed by atoms with Crippen LogP contribution in [0, 0.1) is 0 Å². The van der Waals surface area contributed by atoms with Gasteiger partial charge in [0.25, 0.3) is 0 Å². The summed E-state index contributed by atoms with van der Waals surface area (Å²) in [4.78, 5) is 14.5. The van der Waals surface area contributed by atoms with Crippen LogP contribution in [0.1, 0.15) is 22.8 Å². The van der Waals surface area contributed by atoms with E-state index in [9.17, 15) is 4.79 Å². The monoisotopic (exact) mass is 199 g/mol. The summed E-state index contributed by atoms with van der Waals surface area (Å²) in [6, 6.07) is 1.68. The minimum Gasteiger partial charge on any atom is -0.478 e. The summed E-state index contributed by atoms with van der Waals surface area (Å²) in [5, 5.41) is 8.73. The molecular formula is C9H10ClNO2. The van der Waals surface area contributed by atoms with Crippen molar-refractivity contribution in [3.8, 4) is 0 Å². The zero-order chi connectivity index (χ0) is 9.84. The van der Waals surface area contributed by atoms with Gasteiger partial charge in [-0.3, -0.25) is 4.98 Å². The van der Waals surface area contributed by atoms with Gasteiger partial charge in [0.2, 0.25) is 0 Å². The van der Waals surface area contributed by atoms with E-state index in [0.29, 0.717) is 6.42 Å². The number of nitrogens with zero attached hydrogens (tertiary/aromatic N) is 1. The van der Waals surface area contributed by atoms with Gasteiger partial charge in [-0.1, -0.05) is 0 Å². The predicted molar refractivity (Wildman–Crippen MR) is 50.2 cm³/mol. The summed E-state index contributed by atoms with van der Waals surface area (Å²) in [5.74, 6) is -0.958. The summed E-state index contributed by atoms with van der Waals surface area (Å²) in [5.41, 5.74) is 0.958. The fraction of sp³-hybridized carbons (Fsp3) is 0.333. The van der Waals surface area contributed by atoms with Crippen molar-refractivity contribution in [2.45, 2.75) is 18.7 Å². The SMILES string of the molecule is CC(Cl)Cc1ccncc1C(=O)O. The average Bonchev–Trinajstić information content (AvgIpc) is 2.03. The summed E-state index contributed by atoms with van der Waals surface area (Å²) in [7, 11) is 0. The van der Waals surface area contributed by atoms with Crippen LogP contribution in [0.4, 0.5) is 0 Å². The molecule has 13 heavy (non-hydrogen) atoms. The Hall–Kier alpha value is -1.09. The highest BCUT2D eigenvalue weighted by Crippen LogP contribution is 2.12. The Labute approximate surface area is 81.4 Å². The number of carboxylic acid groups (broad SMARTS) is 1. The number of carbonyl (C=O) groups is 1. The molecule has 0 saturated carbocycles. The number of hydrogen-bond acceptors (Lipinski definition) is 2. The van der Waals surface area contributed by atoms with Gasteiger partial charge in [0.05, 0.1) is 5.56 Å². The van der Waals surface area contributed by atoms with Crippen molar-refractivity contribution in [3.05, 3.63) is 29.6 Å². The van der Waals surface area contributed by atoms with Crippen molar-refractivity contribution in [3.63, 3.8) is 0 Å². The van der Waals surface area contributed by atoms with Crippen LogP contribution >= 0.6 is 11.6 Å². The molecule has 1 atom stereocenters. The number of alkyl halides is 1. The second-order valence-electron chi connectivity index (χ2n) is 2.82. The van der Waals surface area contributed by atoms with Gasteiger partial charge >= 0.3 is 5.97 Å². The molecule has 70 valence electrons. The van der Waals surface area contributed by atoms with Gasteiger partial charge in [-0.2, -0.15) is 0 Å². The normalized spacial score (nSPS) is 12.5. The van der Waals surface area contributed by atoms with E-state index in [0.717, 1.165) is 5.56 Å². The smallest absolute Gasteiger partial charge is 0.337 e. The van der Waals surface area contributed by atoms with E-state index >= 15 is 0 Å². The molecule has 0 aliphatic carbocycles. The summed E-state index contributed by atoms with van der Waals surface area (Å²) in [6.07, 6.45) is 3.46. The third-order valence-corrected chi connectivity index (χ3v) is 1.80. The standard InChI is InChI=1S/C9H10ClNO2/c1-6(10)4-7-2-3-11-5-8(7)9(12)13/h2-3,5-6H,4H2,1H3,(H,12,13). The lowest BCUT2D eigenvalue weighted by molar-refractivity contribution is 0.0695. The van der Waals surface area contributed by atoms with Gasteiger partial charge in [-0.15, -0.1) is 11.6 Å². The van der Waals surface area contributed by atoms with Crippen molar-refractivity contribution in [1.29, 1.82) is 0 Å². The Bertz CT molecular complexity index is 312. The molecule has 1 aromatic heterocycles. The van der Waals surface area contributed by atoms with E-state index in [1.54, 1.807) is 12.3 Å². The number of aromatic nitrogens is 1. The molecule has 0 amide bonds. The van der Waals surface area contributed by atoms with Crippen LogP contribution in [-0.2, 0) is 6.42 Å². The Morgan fingerprint density at radius 2 is 2.46 bits per heavy atom. The quantitative estimate of drug-likeness (QED) is 0.757. The van der Waals surface area contributed by atoms with E-state index in [1.165, 1.54) is 6.20 Å². The van der Waals surface area contributed by atoms with Crippen LogP contribution in [0.3, 0.4) is 0 Å². The number of pyridine rings is 1. The molecule has 1 unspecified atom stereocenters. The zero-order valence-electron chi connectivity index (χ0n) is 7.20. The maximum atomic E-state index is 10.7. The molecule has 0 saturated heterocycles. The summed E-state index contributed by atoms with van der Waals surface area (Å²) >= 11 is 5.78. The number of rotatable bonds is 3. The minimum atomic E-state index is -0.958. The van der Waals surface area contributed by atoms with Crippen LogP contribution < -0.4 is 0 Å². The van der Waals surface area contributed by atoms with E-state index in [-0.39, 0.29) is 10.9 Å². The average molecular weight is 200 g/mol. The fourth-order valence-corrected chi connectivity index (χ4v) is 1.26. The van der Waals surface area contributed by atoms with Gasteiger partial charge in [0.1, 0.15) is 0 Å². The molecule has 0 radical (unpaired) electrons. The topological polar surface area (TPSA) is 50.2 Å². The van der Waals surface area contributed by atoms with E-state index < -0.39 is 5.97 Å². The molecule has 0 fully saturated rings. The lowest BCUT2D eigenvalue weighted by Gasteiger charge is -2.05. The first kappa shape index (κ1) is 9.99. The highest BCUT2D eigenvalue weighted by Gasteiger charge is 2.10. The Kier molecular flexibility index (Phi) is 3.25. The first-order valence-electron chi connectivity index (χ1n) is 3.91. The van der Waals surface area contributed by atoms with Crippen molar-refractivity contribution in [1.82, 2.24) is 4.98 Å². The van der Waals surface area contributed by atoms with Gasteiger partial charge in [0, 0.05) is 17.8 Å². The van der Waals surface area contributed by atoms with Crippen LogP contribution in [0.2, 0.25) is 0 Å². The van der Waals surface area contributed by atoms with Gasteiger partial charge in [-0.05, 0) is 25.0 Å². The predicted octanol–water partition coefficient (Wildman–Crippen LogP) is 1.95. The number of aromatic carboxylic acids is 1. The molecule has 4 heteroatoms. The van der Waals surface area contributed by atoms with E-state index in [4.69, 9.17) is 16.7 Å². The number of carboxylic acids is 1. The zero-order valence-corrected chi connectivity index (χ0v) is 7.95. The summed E-state index contributed by atoms with van der Waals surface area (Å²) in [6.45, 7) is 1.83. The molecule has 1 aromatic rings. The van der Waals surface area contributed by atoms with Crippen molar-refractivity contribution in [2.75, 3.05) is 0 Å². The van der Waals surface area contributed by atoms with E-state index in [1.807, 2.05) is 6.92 Å². The van der Waals surface area contributed by atoms with Crippen molar-refractivity contribution in [2.24, 2.45) is 0 Å². The minimum absolute atomic E-state index is 0.0690. The number of hydrogen-bond donors (Lipinski definition) is 1. The molecule has 0 aromatic carbocycles. The maximum Gasteiger partial charge on any atom is 0.337 e. The molecule has 0 spiro atoms. The highest BCUT2D eigenvalue weighted by atomic mass is 35.5. The summed E-state index contributed by atoms with van der Waals surface area (Å²) < 4.78 is 0. The fourth-order valence-electron chi connectivity index (χ4n) is 1.10. The molecule has 0 aliphatic heterocycles. The first-order valence-corrected chi connectivity index (χ1v) is 4.35. The lowest BCUT2D eigenvalue weighted by atomic mass is 10.1. The lowest BCUT2D eigenvalue weighted by Crippen LogP contribution is -2.06. The second kappa shape index (κ2) is 4.23. The van der Waals surface area contributed by atoms with E-state index in [2.05, 4.69) is 4.98 Å². The van der Waals surface area contributed by atoms with Crippen molar-refractivity contribution < 1.29 is 9.90 Å². The van der Waals surface area contributed by atoms with Crippen LogP contribution in [0.25, 0.3) is 0 Å². The molecule has 3 nitrogen and oxygen atoms in total. The largest absolute Gasteiger partial charge is 0.478 e. The first-order chi connectivity index (χ1) is 6.11. The van der Waals surface area contributed by atoms with Gasteiger partial charge in [0.15, 0.2) is 0 Å². The molecule has 1 heterocycles. The van der Waals surface area contributed by atoms with Crippen molar-refractivity contribution >= 4 is 17.6 Å². The molecule has 0 bridgehead atoms.